The van der Waals surface area contributed by atoms with E-state index in [1.54, 1.807) is 48.5 Å². The molecule has 1 aliphatic heterocycles. The minimum absolute atomic E-state index is 0.0163. The Morgan fingerprint density at radius 3 is 2.44 bits per heavy atom. The number of hydrogen-bond donors (Lipinski definition) is 1. The highest BCUT2D eigenvalue weighted by atomic mass is 19.1. The van der Waals surface area contributed by atoms with Gasteiger partial charge in [-0.05, 0) is 67.8 Å². The van der Waals surface area contributed by atoms with Gasteiger partial charge in [0, 0.05) is 11.6 Å². The molecule has 0 bridgehead atoms. The van der Waals surface area contributed by atoms with Crippen molar-refractivity contribution in [3.63, 3.8) is 0 Å². The smallest absolute Gasteiger partial charge is 0.259 e. The van der Waals surface area contributed by atoms with Gasteiger partial charge in [-0.15, -0.1) is 0 Å². The van der Waals surface area contributed by atoms with Gasteiger partial charge >= 0.3 is 0 Å². The third kappa shape index (κ3) is 6.00. The van der Waals surface area contributed by atoms with Gasteiger partial charge in [0.2, 0.25) is 5.91 Å². The van der Waals surface area contributed by atoms with Crippen LogP contribution < -0.4 is 24.4 Å². The number of carbonyl (C=O) groups is 2. The van der Waals surface area contributed by atoms with E-state index in [4.69, 9.17) is 14.2 Å². The summed E-state index contributed by atoms with van der Waals surface area (Å²) in [6.45, 7) is 3.04. The number of carbonyl (C=O) groups excluding carboxylic acids is 2. The largest absolute Gasteiger partial charge is 0.492 e. The summed E-state index contributed by atoms with van der Waals surface area (Å²) in [7, 11) is 0. The van der Waals surface area contributed by atoms with Crippen LogP contribution in [0.1, 0.15) is 61.0 Å². The van der Waals surface area contributed by atoms with E-state index in [2.05, 4.69) is 5.32 Å². The summed E-state index contributed by atoms with van der Waals surface area (Å²) in [5.41, 5.74) is 1.25. The highest BCUT2D eigenvalue weighted by Crippen LogP contribution is 2.38. The molecule has 1 N–H and O–H groups in total. The third-order valence-corrected chi connectivity index (χ3v) is 7.08. The normalized spacial score (nSPS) is 15.7. The Morgan fingerprint density at radius 2 is 1.69 bits per heavy atom. The van der Waals surface area contributed by atoms with E-state index in [1.165, 1.54) is 17.0 Å². The molecule has 1 atom stereocenters. The van der Waals surface area contributed by atoms with Crippen molar-refractivity contribution in [3.8, 4) is 17.2 Å². The number of rotatable bonds is 8. The number of hydrogen-bond acceptors (Lipinski definition) is 5. The van der Waals surface area contributed by atoms with Crippen molar-refractivity contribution in [2.24, 2.45) is 0 Å². The van der Waals surface area contributed by atoms with Crippen LogP contribution >= 0.6 is 0 Å². The summed E-state index contributed by atoms with van der Waals surface area (Å²) in [5.74, 6) is 0.311. The first-order valence-corrected chi connectivity index (χ1v) is 13.6. The molecule has 0 radical (unpaired) electrons. The molecule has 0 aromatic heterocycles. The molecule has 1 fully saturated rings. The summed E-state index contributed by atoms with van der Waals surface area (Å²) < 4.78 is 31.2. The number of nitrogens with one attached hydrogen (secondary N) is 1. The Balaban J connectivity index is 1.62. The van der Waals surface area contributed by atoms with Crippen molar-refractivity contribution < 1.29 is 28.2 Å². The van der Waals surface area contributed by atoms with Crippen molar-refractivity contribution in [2.45, 2.75) is 51.1 Å². The lowest BCUT2D eigenvalue weighted by atomic mass is 9.94. The molecule has 5 rings (SSSR count). The van der Waals surface area contributed by atoms with Crippen LogP contribution in [-0.2, 0) is 4.79 Å². The number of benzene rings is 3. The van der Waals surface area contributed by atoms with Crippen molar-refractivity contribution >= 4 is 17.5 Å². The van der Waals surface area contributed by atoms with Gasteiger partial charge < -0.3 is 19.5 Å². The summed E-state index contributed by atoms with van der Waals surface area (Å²) in [6, 6.07) is 16.8. The molecule has 2 aliphatic rings. The molecule has 39 heavy (non-hydrogen) atoms. The topological polar surface area (TPSA) is 77.1 Å². The minimum Gasteiger partial charge on any atom is -0.492 e. The number of nitrogens with zero attached hydrogens (tertiary/aromatic N) is 1. The van der Waals surface area contributed by atoms with Gasteiger partial charge in [-0.1, -0.05) is 43.5 Å². The maximum absolute atomic E-state index is 14.4. The molecule has 0 unspecified atom stereocenters. The van der Waals surface area contributed by atoms with Crippen LogP contribution in [0.4, 0.5) is 10.1 Å². The lowest BCUT2D eigenvalue weighted by Crippen LogP contribution is -2.47. The highest BCUT2D eigenvalue weighted by Gasteiger charge is 2.36. The van der Waals surface area contributed by atoms with Crippen molar-refractivity contribution in [1.29, 1.82) is 0 Å². The van der Waals surface area contributed by atoms with Gasteiger partial charge in [0.05, 0.1) is 12.3 Å². The Labute approximate surface area is 227 Å². The first-order chi connectivity index (χ1) is 19.0. The average Bonchev–Trinajstić information content (AvgIpc) is 2.97. The average molecular weight is 533 g/mol. The number of halogens is 1. The maximum atomic E-state index is 14.4. The molecule has 1 saturated carbocycles. The molecule has 2 amide bonds. The van der Waals surface area contributed by atoms with Gasteiger partial charge in [-0.25, -0.2) is 4.39 Å². The number of amides is 2. The number of fused-ring (bicyclic) bond motifs is 1. The molecule has 3 aromatic carbocycles. The molecule has 8 heteroatoms. The van der Waals surface area contributed by atoms with Crippen LogP contribution in [0.25, 0.3) is 0 Å². The molecule has 0 spiro atoms. The highest BCUT2D eigenvalue weighted by molar-refractivity contribution is 6.11. The van der Waals surface area contributed by atoms with E-state index in [0.717, 1.165) is 32.1 Å². The summed E-state index contributed by atoms with van der Waals surface area (Å²) in [6.07, 6.45) is 4.99. The Hall–Kier alpha value is -4.07. The first kappa shape index (κ1) is 26.5. The summed E-state index contributed by atoms with van der Waals surface area (Å²) in [4.78, 5) is 29.9. The van der Waals surface area contributed by atoms with Gasteiger partial charge in [-0.3, -0.25) is 14.5 Å². The van der Waals surface area contributed by atoms with Crippen molar-refractivity contribution in [1.82, 2.24) is 5.32 Å². The van der Waals surface area contributed by atoms with E-state index in [9.17, 15) is 14.0 Å². The molecular weight excluding hydrogens is 499 g/mol. The minimum atomic E-state index is -1.07. The summed E-state index contributed by atoms with van der Waals surface area (Å²) in [5, 5.41) is 3.18. The number of ether oxygens (including phenoxy) is 3. The quantitative estimate of drug-likeness (QED) is 0.395. The fourth-order valence-electron chi connectivity index (χ4n) is 5.20. The summed E-state index contributed by atoms with van der Waals surface area (Å²) >= 11 is 0. The van der Waals surface area contributed by atoms with Crippen molar-refractivity contribution in [2.75, 3.05) is 24.7 Å². The fourth-order valence-corrected chi connectivity index (χ4v) is 5.20. The van der Waals surface area contributed by atoms with Crippen LogP contribution in [0, 0.1) is 5.82 Å². The molecule has 1 aliphatic carbocycles. The lowest BCUT2D eigenvalue weighted by Gasteiger charge is -2.34. The van der Waals surface area contributed by atoms with Crippen LogP contribution in [0.5, 0.6) is 17.2 Å². The van der Waals surface area contributed by atoms with Crippen LogP contribution in [-0.4, -0.2) is 37.7 Å². The second-order valence-electron chi connectivity index (χ2n) is 9.73. The van der Waals surface area contributed by atoms with E-state index < -0.39 is 17.8 Å². The predicted molar refractivity (Wildman–Crippen MR) is 146 cm³/mol. The van der Waals surface area contributed by atoms with Gasteiger partial charge in [0.1, 0.15) is 30.8 Å². The van der Waals surface area contributed by atoms with E-state index in [1.807, 2.05) is 13.0 Å². The van der Waals surface area contributed by atoms with Gasteiger partial charge in [0.15, 0.2) is 11.5 Å². The molecular formula is C31H33FN2O5. The van der Waals surface area contributed by atoms with Gasteiger partial charge in [0.25, 0.3) is 5.91 Å². The van der Waals surface area contributed by atoms with Gasteiger partial charge in [-0.2, -0.15) is 0 Å². The molecule has 0 saturated heterocycles. The second kappa shape index (κ2) is 12.2. The SMILES string of the molecule is CCOc1ccccc1N(C(=O)c1ccc2c(c1)OCCO2)[C@@H](C(=O)NC1CCCCC1)c1ccc(F)cc1. The number of para-hydroxylation sites is 2. The lowest BCUT2D eigenvalue weighted by molar-refractivity contribution is -0.123. The van der Waals surface area contributed by atoms with Crippen LogP contribution in [0.2, 0.25) is 0 Å². The van der Waals surface area contributed by atoms with Crippen molar-refractivity contribution in [3.05, 3.63) is 83.7 Å². The monoisotopic (exact) mass is 532 g/mol. The Bertz CT molecular complexity index is 1310. The van der Waals surface area contributed by atoms with E-state index >= 15 is 0 Å². The second-order valence-corrected chi connectivity index (χ2v) is 9.73. The zero-order chi connectivity index (χ0) is 27.2. The Morgan fingerprint density at radius 1 is 0.974 bits per heavy atom. The zero-order valence-electron chi connectivity index (χ0n) is 22.0. The van der Waals surface area contributed by atoms with Crippen LogP contribution in [0.3, 0.4) is 0 Å². The van der Waals surface area contributed by atoms with E-state index in [0.29, 0.717) is 53.9 Å². The molecule has 7 nitrogen and oxygen atoms in total. The van der Waals surface area contributed by atoms with E-state index in [-0.39, 0.29) is 11.9 Å². The standard InChI is InChI=1S/C31H33FN2O5/c1-2-37-26-11-7-6-10-25(26)34(31(36)22-14-17-27-28(20-22)39-19-18-38-27)29(21-12-15-23(32)16-13-21)30(35)33-24-8-4-3-5-9-24/h6-7,10-17,20,24,29H,2-5,8-9,18-19H2,1H3,(H,33,35)/t29-/m1/s1. The number of anilines is 1. The fraction of sp³-hybridized carbons (Fsp3) is 0.355. The zero-order valence-corrected chi connectivity index (χ0v) is 22.0. The van der Waals surface area contributed by atoms with Crippen LogP contribution in [0.15, 0.2) is 66.7 Å². The molecule has 3 aromatic rings. The first-order valence-electron chi connectivity index (χ1n) is 13.6. The third-order valence-electron chi connectivity index (χ3n) is 7.08. The Kier molecular flexibility index (Phi) is 8.30. The molecule has 204 valence electrons. The maximum Gasteiger partial charge on any atom is 0.259 e. The predicted octanol–water partition coefficient (Wildman–Crippen LogP) is 5.83. The molecule has 1 heterocycles.